The van der Waals surface area contributed by atoms with Crippen molar-refractivity contribution in [3.05, 3.63) is 12.2 Å². The molecule has 1 unspecified atom stereocenters. The summed E-state index contributed by atoms with van der Waals surface area (Å²) in [6.45, 7) is 9.40. The molecular formula is C14H27NO. The van der Waals surface area contributed by atoms with E-state index in [4.69, 9.17) is 4.74 Å². The van der Waals surface area contributed by atoms with Crippen LogP contribution >= 0.6 is 0 Å². The van der Waals surface area contributed by atoms with Gasteiger partial charge in [-0.25, -0.2) is 0 Å². The third-order valence-corrected chi connectivity index (χ3v) is 3.74. The van der Waals surface area contributed by atoms with Crippen LogP contribution in [0.5, 0.6) is 0 Å². The predicted molar refractivity (Wildman–Crippen MR) is 69.7 cm³/mol. The number of allylic oxidation sites excluding steroid dienone is 1. The lowest BCUT2D eigenvalue weighted by Crippen LogP contribution is -2.56. The van der Waals surface area contributed by atoms with Crippen molar-refractivity contribution in [2.45, 2.75) is 64.0 Å². The van der Waals surface area contributed by atoms with Gasteiger partial charge in [-0.1, -0.05) is 12.5 Å². The molecule has 1 atom stereocenters. The maximum absolute atomic E-state index is 5.77. The zero-order chi connectivity index (χ0) is 12.0. The Morgan fingerprint density at radius 3 is 2.56 bits per heavy atom. The molecule has 1 N–H and O–H groups in total. The fraction of sp³-hybridized carbons (Fsp3) is 0.857. The summed E-state index contributed by atoms with van der Waals surface area (Å²) in [5, 5.41) is 3.65. The first-order valence-corrected chi connectivity index (χ1v) is 6.57. The number of rotatable bonds is 8. The quantitative estimate of drug-likeness (QED) is 0.640. The third-order valence-electron chi connectivity index (χ3n) is 3.74. The van der Waals surface area contributed by atoms with Gasteiger partial charge >= 0.3 is 0 Å². The summed E-state index contributed by atoms with van der Waals surface area (Å²) < 4.78 is 5.77. The van der Waals surface area contributed by atoms with Crippen LogP contribution in [0, 0.1) is 0 Å². The molecule has 0 spiro atoms. The Morgan fingerprint density at radius 2 is 2.19 bits per heavy atom. The second-order valence-electron chi connectivity index (χ2n) is 5.12. The van der Waals surface area contributed by atoms with Gasteiger partial charge in [-0.2, -0.15) is 0 Å². The van der Waals surface area contributed by atoms with E-state index in [-0.39, 0.29) is 5.60 Å². The van der Waals surface area contributed by atoms with Crippen molar-refractivity contribution in [3.63, 3.8) is 0 Å². The lowest BCUT2D eigenvalue weighted by molar-refractivity contribution is -0.0997. The van der Waals surface area contributed by atoms with Gasteiger partial charge in [-0.3, -0.25) is 0 Å². The van der Waals surface area contributed by atoms with Gasteiger partial charge in [-0.15, -0.1) is 6.58 Å². The van der Waals surface area contributed by atoms with Crippen molar-refractivity contribution < 1.29 is 4.74 Å². The van der Waals surface area contributed by atoms with E-state index in [0.29, 0.717) is 6.04 Å². The minimum Gasteiger partial charge on any atom is -0.377 e. The monoisotopic (exact) mass is 225 g/mol. The molecule has 0 aliphatic heterocycles. The Balaban J connectivity index is 2.51. The zero-order valence-electron chi connectivity index (χ0n) is 11.1. The van der Waals surface area contributed by atoms with Crippen LogP contribution in [0.25, 0.3) is 0 Å². The highest BCUT2D eigenvalue weighted by Gasteiger charge is 2.43. The number of ether oxygens (including phenoxy) is 1. The fourth-order valence-corrected chi connectivity index (χ4v) is 2.48. The molecule has 0 aromatic heterocycles. The minimum atomic E-state index is 0.116. The standard InChI is InChI=1S/C14H27NO/c1-5-11-15-13(8-7-12(2)3)14(16-4)9-6-10-14/h13,15H,2,5-11H2,1,3-4H3. The molecule has 0 aromatic carbocycles. The third kappa shape index (κ3) is 3.33. The average Bonchev–Trinajstić information content (AvgIpc) is 2.19. The molecule has 1 aliphatic rings. The summed E-state index contributed by atoms with van der Waals surface area (Å²) in [7, 11) is 1.86. The second kappa shape index (κ2) is 6.41. The SMILES string of the molecule is C=C(C)CCC(NCCC)C1(OC)CCC1. The van der Waals surface area contributed by atoms with E-state index in [1.807, 2.05) is 7.11 Å². The fourth-order valence-electron chi connectivity index (χ4n) is 2.48. The number of nitrogens with one attached hydrogen (secondary N) is 1. The van der Waals surface area contributed by atoms with Crippen molar-refractivity contribution in [2.75, 3.05) is 13.7 Å². The van der Waals surface area contributed by atoms with E-state index < -0.39 is 0 Å². The van der Waals surface area contributed by atoms with E-state index in [9.17, 15) is 0 Å². The number of hydrogen-bond acceptors (Lipinski definition) is 2. The molecule has 1 saturated carbocycles. The predicted octanol–water partition coefficient (Wildman–Crippen LogP) is 3.28. The van der Waals surface area contributed by atoms with Crippen molar-refractivity contribution in [1.29, 1.82) is 0 Å². The van der Waals surface area contributed by atoms with Gasteiger partial charge in [0.05, 0.1) is 5.60 Å². The molecule has 2 heteroatoms. The number of methoxy groups -OCH3 is 1. The van der Waals surface area contributed by atoms with Gasteiger partial charge in [0, 0.05) is 13.2 Å². The molecule has 0 radical (unpaired) electrons. The first-order chi connectivity index (χ1) is 7.64. The van der Waals surface area contributed by atoms with Crippen LogP contribution in [0.2, 0.25) is 0 Å². The van der Waals surface area contributed by atoms with Crippen LogP contribution in [-0.2, 0) is 4.74 Å². The van der Waals surface area contributed by atoms with Crippen LogP contribution < -0.4 is 5.32 Å². The smallest absolute Gasteiger partial charge is 0.0831 e. The first-order valence-electron chi connectivity index (χ1n) is 6.57. The van der Waals surface area contributed by atoms with Gasteiger partial charge in [0.2, 0.25) is 0 Å². The zero-order valence-corrected chi connectivity index (χ0v) is 11.1. The van der Waals surface area contributed by atoms with Crippen LogP contribution in [0.1, 0.15) is 52.4 Å². The van der Waals surface area contributed by atoms with E-state index in [1.54, 1.807) is 0 Å². The molecule has 0 saturated heterocycles. The maximum Gasteiger partial charge on any atom is 0.0831 e. The van der Waals surface area contributed by atoms with E-state index in [1.165, 1.54) is 31.3 Å². The van der Waals surface area contributed by atoms with Gasteiger partial charge in [-0.05, 0) is 52.0 Å². The van der Waals surface area contributed by atoms with E-state index >= 15 is 0 Å². The lowest BCUT2D eigenvalue weighted by Gasteiger charge is -2.47. The summed E-state index contributed by atoms with van der Waals surface area (Å²) in [6.07, 6.45) is 7.17. The second-order valence-corrected chi connectivity index (χ2v) is 5.12. The summed E-state index contributed by atoms with van der Waals surface area (Å²) in [5.74, 6) is 0. The van der Waals surface area contributed by atoms with Crippen molar-refractivity contribution >= 4 is 0 Å². The molecule has 1 fully saturated rings. The Hall–Kier alpha value is -0.340. The minimum absolute atomic E-state index is 0.116. The van der Waals surface area contributed by atoms with Crippen LogP contribution in [-0.4, -0.2) is 25.3 Å². The molecule has 0 heterocycles. The molecule has 0 amide bonds. The van der Waals surface area contributed by atoms with Gasteiger partial charge in [0.15, 0.2) is 0 Å². The Morgan fingerprint density at radius 1 is 1.50 bits per heavy atom. The summed E-state index contributed by atoms with van der Waals surface area (Å²) >= 11 is 0. The lowest BCUT2D eigenvalue weighted by atomic mass is 9.72. The van der Waals surface area contributed by atoms with Crippen molar-refractivity contribution in [2.24, 2.45) is 0 Å². The summed E-state index contributed by atoms with van der Waals surface area (Å²) in [5.41, 5.74) is 1.39. The van der Waals surface area contributed by atoms with Gasteiger partial charge < -0.3 is 10.1 Å². The molecule has 1 rings (SSSR count). The Labute approximate surface area is 100 Å². The van der Waals surface area contributed by atoms with Crippen molar-refractivity contribution in [3.8, 4) is 0 Å². The average molecular weight is 225 g/mol. The van der Waals surface area contributed by atoms with Gasteiger partial charge in [0.1, 0.15) is 0 Å². The topological polar surface area (TPSA) is 21.3 Å². The molecule has 1 aliphatic carbocycles. The van der Waals surface area contributed by atoms with E-state index in [2.05, 4.69) is 25.7 Å². The van der Waals surface area contributed by atoms with Crippen LogP contribution in [0.15, 0.2) is 12.2 Å². The summed E-state index contributed by atoms with van der Waals surface area (Å²) in [4.78, 5) is 0. The molecule has 2 nitrogen and oxygen atoms in total. The molecule has 94 valence electrons. The van der Waals surface area contributed by atoms with Crippen LogP contribution in [0.4, 0.5) is 0 Å². The highest BCUT2D eigenvalue weighted by Crippen LogP contribution is 2.39. The van der Waals surface area contributed by atoms with Crippen LogP contribution in [0.3, 0.4) is 0 Å². The van der Waals surface area contributed by atoms with E-state index in [0.717, 1.165) is 19.4 Å². The normalized spacial score (nSPS) is 20.2. The Bertz CT molecular complexity index is 215. The van der Waals surface area contributed by atoms with Crippen molar-refractivity contribution in [1.82, 2.24) is 5.32 Å². The molecule has 0 aromatic rings. The molecule has 0 bridgehead atoms. The first kappa shape index (κ1) is 13.7. The molecule has 16 heavy (non-hydrogen) atoms. The molecular weight excluding hydrogens is 198 g/mol. The van der Waals surface area contributed by atoms with Gasteiger partial charge in [0.25, 0.3) is 0 Å². The largest absolute Gasteiger partial charge is 0.377 e. The summed E-state index contributed by atoms with van der Waals surface area (Å²) in [6, 6.07) is 0.503. The highest BCUT2D eigenvalue weighted by molar-refractivity contribution is 5.01. The Kier molecular flexibility index (Phi) is 5.50. The maximum atomic E-state index is 5.77. The highest BCUT2D eigenvalue weighted by atomic mass is 16.5. The number of hydrogen-bond donors (Lipinski definition) is 1.